The molecule has 1 aromatic carbocycles. The molecule has 2 aromatic rings. The van der Waals surface area contributed by atoms with Crippen molar-refractivity contribution in [2.24, 2.45) is 0 Å². The maximum atomic E-state index is 12.3. The van der Waals surface area contributed by atoms with Crippen LogP contribution >= 0.6 is 11.6 Å². The van der Waals surface area contributed by atoms with Crippen LogP contribution in [0.3, 0.4) is 0 Å². The van der Waals surface area contributed by atoms with Gasteiger partial charge in [-0.25, -0.2) is 8.42 Å². The number of aryl methyl sites for hydroxylation is 3. The molecule has 1 heterocycles. The lowest BCUT2D eigenvalue weighted by atomic mass is 10.1. The Morgan fingerprint density at radius 2 is 1.52 bits per heavy atom. The van der Waals surface area contributed by atoms with E-state index in [1.54, 1.807) is 26.0 Å². The van der Waals surface area contributed by atoms with E-state index in [1.807, 2.05) is 6.92 Å². The molecule has 0 aliphatic carbocycles. The molecule has 4 N–H and O–H groups in total. The molecule has 0 atom stereocenters. The normalized spacial score (nSPS) is 11.7. The second-order valence-corrected chi connectivity index (χ2v) is 7.65. The fourth-order valence-electron chi connectivity index (χ4n) is 2.52. The van der Waals surface area contributed by atoms with E-state index >= 15 is 0 Å². The minimum absolute atomic E-state index is 0.0750. The topological polar surface area (TPSA) is 113 Å². The minimum atomic E-state index is -4.55. The Hall–Kier alpha value is -2.04. The van der Waals surface area contributed by atoms with Crippen LogP contribution < -0.4 is 16.3 Å². The SMILES string of the molecule is Cc1c(Cl)cc(C(F)(F)F)c(N)[n+]1N.Cc1cc(C)c(S(=O)(=O)[O-])c(C)c1. The third kappa shape index (κ3) is 5.47. The van der Waals surface area contributed by atoms with Crippen molar-refractivity contribution >= 4 is 27.5 Å². The van der Waals surface area contributed by atoms with Gasteiger partial charge in [-0.05, 0) is 38.0 Å². The minimum Gasteiger partial charge on any atom is -0.744 e. The Kier molecular flexibility index (Phi) is 6.74. The molecule has 0 aliphatic rings. The van der Waals surface area contributed by atoms with E-state index in [0.29, 0.717) is 15.8 Å². The molecule has 2 rings (SSSR count). The van der Waals surface area contributed by atoms with Crippen molar-refractivity contribution in [1.29, 1.82) is 0 Å². The number of rotatable bonds is 1. The monoisotopic (exact) mass is 425 g/mol. The van der Waals surface area contributed by atoms with Crippen molar-refractivity contribution in [3.8, 4) is 0 Å². The Balaban J connectivity index is 0.000000271. The molecule has 0 aliphatic heterocycles. The zero-order valence-corrected chi connectivity index (χ0v) is 16.6. The highest BCUT2D eigenvalue weighted by Gasteiger charge is 2.38. The van der Waals surface area contributed by atoms with Gasteiger partial charge in [-0.3, -0.25) is 11.6 Å². The van der Waals surface area contributed by atoms with Crippen molar-refractivity contribution in [2.75, 3.05) is 11.6 Å². The van der Waals surface area contributed by atoms with Gasteiger partial charge in [0.05, 0.1) is 9.92 Å². The molecule has 0 radical (unpaired) electrons. The standard InChI is InChI=1S/C9H12O3S.C7H7ClF3N3/c1-6-4-7(2)9(8(3)5-6)13(10,11)12;1-3-5(8)2-4(7(9,10)11)6(12)14(3)13/h4-5H,1-3H3,(H,10,11,12);2,12H,13H2,1H3. The fourth-order valence-corrected chi connectivity index (χ4v) is 3.63. The molecule has 0 saturated heterocycles. The van der Waals surface area contributed by atoms with Gasteiger partial charge in [0, 0.05) is 6.92 Å². The largest absolute Gasteiger partial charge is 0.744 e. The summed E-state index contributed by atoms with van der Waals surface area (Å²) >= 11 is 5.54. The zero-order chi connectivity index (χ0) is 21.3. The van der Waals surface area contributed by atoms with Gasteiger partial charge in [0.15, 0.2) is 0 Å². The quantitative estimate of drug-likeness (QED) is 0.414. The van der Waals surface area contributed by atoms with Crippen LogP contribution in [0.15, 0.2) is 23.1 Å². The van der Waals surface area contributed by atoms with Gasteiger partial charge in [0.25, 0.3) is 0 Å². The second kappa shape index (κ2) is 7.91. The molecule has 0 unspecified atom stereocenters. The highest BCUT2D eigenvalue weighted by molar-refractivity contribution is 7.85. The third-order valence-corrected chi connectivity index (χ3v) is 5.20. The molecule has 1 aromatic heterocycles. The van der Waals surface area contributed by atoms with Gasteiger partial charge >= 0.3 is 12.0 Å². The molecule has 0 saturated carbocycles. The van der Waals surface area contributed by atoms with Crippen LogP contribution in [-0.4, -0.2) is 13.0 Å². The summed E-state index contributed by atoms with van der Waals surface area (Å²) in [4.78, 5) is -0.0851. The van der Waals surface area contributed by atoms with Crippen LogP contribution in [-0.2, 0) is 16.3 Å². The van der Waals surface area contributed by atoms with Crippen LogP contribution in [0.2, 0.25) is 5.02 Å². The van der Waals surface area contributed by atoms with Gasteiger partial charge in [-0.15, -0.1) is 4.68 Å². The average Bonchev–Trinajstić information content (AvgIpc) is 2.45. The molecule has 0 bridgehead atoms. The van der Waals surface area contributed by atoms with Gasteiger partial charge in [-0.2, -0.15) is 13.2 Å². The highest BCUT2D eigenvalue weighted by Crippen LogP contribution is 2.33. The van der Waals surface area contributed by atoms with Crippen molar-refractivity contribution in [1.82, 2.24) is 0 Å². The van der Waals surface area contributed by atoms with Gasteiger partial charge < -0.3 is 4.55 Å². The summed E-state index contributed by atoms with van der Waals surface area (Å²) in [7, 11) is -4.33. The van der Waals surface area contributed by atoms with Crippen molar-refractivity contribution in [3.63, 3.8) is 0 Å². The number of anilines is 1. The summed E-state index contributed by atoms with van der Waals surface area (Å²) in [5.74, 6) is 4.73. The number of aromatic nitrogens is 1. The maximum Gasteiger partial charge on any atom is 0.424 e. The van der Waals surface area contributed by atoms with Gasteiger partial charge in [0.2, 0.25) is 0 Å². The summed E-state index contributed by atoms with van der Waals surface area (Å²) in [6.45, 7) is 6.59. The molecular weight excluding hydrogens is 407 g/mol. The lowest BCUT2D eigenvalue weighted by molar-refractivity contribution is -0.631. The second-order valence-electron chi connectivity index (χ2n) is 5.93. The molecule has 11 heteroatoms. The zero-order valence-electron chi connectivity index (χ0n) is 15.0. The summed E-state index contributed by atoms with van der Waals surface area (Å²) in [5, 5.41) is -0.0750. The number of hydrogen-bond donors (Lipinski definition) is 2. The van der Waals surface area contributed by atoms with E-state index in [2.05, 4.69) is 0 Å². The van der Waals surface area contributed by atoms with Crippen molar-refractivity contribution in [3.05, 3.63) is 51.2 Å². The van der Waals surface area contributed by atoms with Crippen molar-refractivity contribution < 1.29 is 30.8 Å². The molecule has 0 spiro atoms. The first-order valence-electron chi connectivity index (χ1n) is 7.44. The van der Waals surface area contributed by atoms with E-state index < -0.39 is 27.7 Å². The number of halogens is 4. The number of pyridine rings is 1. The lowest BCUT2D eigenvalue weighted by Gasteiger charge is -2.14. The summed E-state index contributed by atoms with van der Waals surface area (Å²) in [6.07, 6.45) is -4.55. The number of hydrogen-bond acceptors (Lipinski definition) is 5. The number of nitrogens with two attached hydrogens (primary N) is 2. The first-order valence-corrected chi connectivity index (χ1v) is 9.22. The molecule has 27 heavy (non-hydrogen) atoms. The molecular formula is C16H19ClF3N3O3S. The van der Waals surface area contributed by atoms with E-state index in [-0.39, 0.29) is 15.6 Å². The van der Waals surface area contributed by atoms with E-state index in [1.165, 1.54) is 6.92 Å². The van der Waals surface area contributed by atoms with Crippen LogP contribution in [0.5, 0.6) is 0 Å². The van der Waals surface area contributed by atoms with E-state index in [0.717, 1.165) is 11.6 Å². The predicted octanol–water partition coefficient (Wildman–Crippen LogP) is 2.77. The number of nitrogens with zero attached hydrogens (tertiary/aromatic N) is 1. The Bertz CT molecular complexity index is 954. The van der Waals surface area contributed by atoms with E-state index in [4.69, 9.17) is 23.2 Å². The summed E-state index contributed by atoms with van der Waals surface area (Å²) in [6, 6.07) is 4.14. The maximum absolute atomic E-state index is 12.3. The molecule has 0 amide bonds. The molecule has 6 nitrogen and oxygen atoms in total. The van der Waals surface area contributed by atoms with Crippen LogP contribution in [0.4, 0.5) is 19.0 Å². The number of alkyl halides is 3. The van der Waals surface area contributed by atoms with Crippen LogP contribution in [0.1, 0.15) is 27.9 Å². The predicted molar refractivity (Wildman–Crippen MR) is 94.6 cm³/mol. The Morgan fingerprint density at radius 3 is 1.89 bits per heavy atom. The Labute approximate surface area is 160 Å². The average molecular weight is 426 g/mol. The first kappa shape index (κ1) is 23.0. The van der Waals surface area contributed by atoms with Crippen LogP contribution in [0.25, 0.3) is 0 Å². The fraction of sp³-hybridized carbons (Fsp3) is 0.312. The van der Waals surface area contributed by atoms with E-state index in [9.17, 15) is 26.1 Å². The lowest BCUT2D eigenvalue weighted by Crippen LogP contribution is -2.51. The summed E-state index contributed by atoms with van der Waals surface area (Å²) < 4.78 is 70.2. The first-order chi connectivity index (χ1) is 12.1. The smallest absolute Gasteiger partial charge is 0.424 e. The Morgan fingerprint density at radius 1 is 1.07 bits per heavy atom. The van der Waals surface area contributed by atoms with Crippen molar-refractivity contribution in [2.45, 2.75) is 38.8 Å². The molecule has 150 valence electrons. The third-order valence-electron chi connectivity index (χ3n) is 3.67. The number of benzene rings is 1. The highest BCUT2D eigenvalue weighted by atomic mass is 35.5. The molecule has 0 fully saturated rings. The summed E-state index contributed by atoms with van der Waals surface area (Å²) in [5.41, 5.74) is 6.44. The van der Waals surface area contributed by atoms with Gasteiger partial charge in [0.1, 0.15) is 21.4 Å². The van der Waals surface area contributed by atoms with Gasteiger partial charge in [-0.1, -0.05) is 29.3 Å². The van der Waals surface area contributed by atoms with Crippen LogP contribution in [0, 0.1) is 27.7 Å². The number of nitrogen functional groups attached to an aromatic ring is 2.